The molecule has 0 saturated carbocycles. The largest absolute Gasteiger partial charge is 0.361 e. The van der Waals surface area contributed by atoms with Gasteiger partial charge in [0.2, 0.25) is 0 Å². The molecule has 0 aliphatic carbocycles. The van der Waals surface area contributed by atoms with Crippen LogP contribution in [0.4, 0.5) is 0 Å². The smallest absolute Gasteiger partial charge is 0.166 e. The Bertz CT molecular complexity index is 516. The molecule has 1 unspecified atom stereocenters. The highest BCUT2D eigenvalue weighted by Crippen LogP contribution is 2.36. The van der Waals surface area contributed by atoms with Gasteiger partial charge >= 0.3 is 0 Å². The van der Waals surface area contributed by atoms with Crippen LogP contribution in [0.25, 0.3) is 0 Å². The summed E-state index contributed by atoms with van der Waals surface area (Å²) in [6.07, 6.45) is 4.74. The lowest BCUT2D eigenvalue weighted by molar-refractivity contribution is 0.0215. The van der Waals surface area contributed by atoms with Crippen LogP contribution in [0.5, 0.6) is 0 Å². The second-order valence-electron chi connectivity index (χ2n) is 6.38. The Hall–Kier alpha value is -1.39. The zero-order valence-corrected chi connectivity index (χ0v) is 13.8. The minimum Gasteiger partial charge on any atom is -0.361 e. The number of nitrogens with zero attached hydrogens (tertiary/aromatic N) is 1. The Morgan fingerprint density at radius 1 is 1.32 bits per heavy atom. The van der Waals surface area contributed by atoms with Gasteiger partial charge in [-0.1, -0.05) is 36.4 Å². The summed E-state index contributed by atoms with van der Waals surface area (Å²) in [7, 11) is 0. The zero-order chi connectivity index (χ0) is 15.4. The van der Waals surface area contributed by atoms with Crippen molar-refractivity contribution in [2.24, 2.45) is 11.8 Å². The molecule has 4 atom stereocenters. The average Bonchev–Trinajstić information content (AvgIpc) is 2.59. The standard InChI is InChI=1S/C18H25N3S/c1-2-15-13-21-9-8-16(15)10-17(21)12-20-18(22)19-11-14-6-4-3-5-7-14/h2-7,15-17H,1,8-13H2,(H2,19,20,22)/t15-,16+,17-/m1/s1. The predicted molar refractivity (Wildman–Crippen MR) is 95.7 cm³/mol. The Balaban J connectivity index is 1.41. The quantitative estimate of drug-likeness (QED) is 0.645. The first-order valence-corrected chi connectivity index (χ1v) is 8.59. The van der Waals surface area contributed by atoms with Gasteiger partial charge in [0.05, 0.1) is 0 Å². The normalized spacial score (nSPS) is 29.8. The molecule has 3 aliphatic heterocycles. The molecular formula is C18H25N3S. The van der Waals surface area contributed by atoms with E-state index in [0.29, 0.717) is 12.0 Å². The third-order valence-electron chi connectivity index (χ3n) is 5.03. The van der Waals surface area contributed by atoms with E-state index in [-0.39, 0.29) is 0 Å². The van der Waals surface area contributed by atoms with Crippen LogP contribution < -0.4 is 10.6 Å². The molecule has 1 aromatic rings. The SMILES string of the molecule is C=C[C@@H]1CN2CC[C@H]1C[C@@H]2CNC(=S)NCc1ccccc1. The molecule has 118 valence electrons. The Morgan fingerprint density at radius 2 is 2.14 bits per heavy atom. The summed E-state index contributed by atoms with van der Waals surface area (Å²) in [5, 5.41) is 7.44. The van der Waals surface area contributed by atoms with Crippen LogP contribution >= 0.6 is 12.2 Å². The topological polar surface area (TPSA) is 27.3 Å². The second-order valence-corrected chi connectivity index (χ2v) is 6.79. The third kappa shape index (κ3) is 3.68. The number of nitrogens with one attached hydrogen (secondary N) is 2. The first kappa shape index (κ1) is 15.5. The lowest BCUT2D eigenvalue weighted by Gasteiger charge is -2.49. The first-order chi connectivity index (χ1) is 10.8. The minimum absolute atomic E-state index is 0.617. The summed E-state index contributed by atoms with van der Waals surface area (Å²) in [4.78, 5) is 2.60. The summed E-state index contributed by atoms with van der Waals surface area (Å²) in [5.74, 6) is 1.51. The predicted octanol–water partition coefficient (Wildman–Crippen LogP) is 2.55. The molecule has 3 saturated heterocycles. The van der Waals surface area contributed by atoms with Gasteiger partial charge in [0, 0.05) is 25.7 Å². The van der Waals surface area contributed by atoms with Gasteiger partial charge in [-0.25, -0.2) is 0 Å². The molecule has 3 heterocycles. The monoisotopic (exact) mass is 315 g/mol. The first-order valence-electron chi connectivity index (χ1n) is 8.18. The number of thiocarbonyl (C=S) groups is 1. The number of rotatable bonds is 5. The summed E-state index contributed by atoms with van der Waals surface area (Å²) in [6.45, 7) is 8.11. The molecule has 4 rings (SSSR count). The lowest BCUT2D eigenvalue weighted by atomic mass is 9.76. The van der Waals surface area contributed by atoms with Crippen molar-refractivity contribution in [3.63, 3.8) is 0 Å². The highest BCUT2D eigenvalue weighted by Gasteiger charge is 2.38. The van der Waals surface area contributed by atoms with Crippen LogP contribution in [0.3, 0.4) is 0 Å². The highest BCUT2D eigenvalue weighted by molar-refractivity contribution is 7.80. The van der Waals surface area contributed by atoms with Gasteiger partial charge in [0.15, 0.2) is 5.11 Å². The molecule has 3 fully saturated rings. The molecular weight excluding hydrogens is 290 g/mol. The maximum absolute atomic E-state index is 5.40. The van der Waals surface area contributed by atoms with E-state index in [9.17, 15) is 0 Å². The van der Waals surface area contributed by atoms with Crippen LogP contribution in [0.1, 0.15) is 18.4 Å². The second kappa shape index (κ2) is 7.25. The van der Waals surface area contributed by atoms with E-state index in [4.69, 9.17) is 12.2 Å². The lowest BCUT2D eigenvalue weighted by Crippen LogP contribution is -2.56. The fraction of sp³-hybridized carbons (Fsp3) is 0.500. The number of piperidine rings is 3. The Labute approximate surface area is 138 Å². The van der Waals surface area contributed by atoms with E-state index in [1.165, 1.54) is 31.5 Å². The zero-order valence-electron chi connectivity index (χ0n) is 13.0. The average molecular weight is 315 g/mol. The van der Waals surface area contributed by atoms with E-state index in [0.717, 1.165) is 24.1 Å². The fourth-order valence-electron chi connectivity index (χ4n) is 3.71. The third-order valence-corrected chi connectivity index (χ3v) is 5.31. The summed E-state index contributed by atoms with van der Waals surface area (Å²) >= 11 is 5.40. The maximum atomic E-state index is 5.40. The van der Waals surface area contributed by atoms with Crippen molar-refractivity contribution in [2.75, 3.05) is 19.6 Å². The molecule has 0 aromatic heterocycles. The van der Waals surface area contributed by atoms with E-state index in [1.54, 1.807) is 0 Å². The van der Waals surface area contributed by atoms with Crippen LogP contribution in [0.15, 0.2) is 43.0 Å². The fourth-order valence-corrected chi connectivity index (χ4v) is 3.87. The van der Waals surface area contributed by atoms with E-state index in [2.05, 4.69) is 52.5 Å². The van der Waals surface area contributed by atoms with Crippen LogP contribution in [0, 0.1) is 11.8 Å². The van der Waals surface area contributed by atoms with Crippen molar-refractivity contribution in [1.29, 1.82) is 0 Å². The van der Waals surface area contributed by atoms with Crippen molar-refractivity contribution in [2.45, 2.75) is 25.4 Å². The molecule has 3 nitrogen and oxygen atoms in total. The Kier molecular flexibility index (Phi) is 5.11. The summed E-state index contributed by atoms with van der Waals surface area (Å²) in [5.41, 5.74) is 1.25. The highest BCUT2D eigenvalue weighted by atomic mass is 32.1. The number of fused-ring (bicyclic) bond motifs is 3. The van der Waals surface area contributed by atoms with Crippen molar-refractivity contribution < 1.29 is 0 Å². The molecule has 0 amide bonds. The van der Waals surface area contributed by atoms with Gasteiger partial charge in [-0.3, -0.25) is 4.90 Å². The van der Waals surface area contributed by atoms with Crippen molar-refractivity contribution in [3.8, 4) is 0 Å². The summed E-state index contributed by atoms with van der Waals surface area (Å²) < 4.78 is 0. The molecule has 3 aliphatic rings. The van der Waals surface area contributed by atoms with Crippen LogP contribution in [0.2, 0.25) is 0 Å². The Morgan fingerprint density at radius 3 is 2.82 bits per heavy atom. The maximum Gasteiger partial charge on any atom is 0.166 e. The molecule has 0 spiro atoms. The van der Waals surface area contributed by atoms with Crippen LogP contribution in [-0.2, 0) is 6.54 Å². The molecule has 0 radical (unpaired) electrons. The van der Waals surface area contributed by atoms with Gasteiger partial charge in [0.25, 0.3) is 0 Å². The van der Waals surface area contributed by atoms with E-state index in [1.807, 2.05) is 6.07 Å². The number of hydrogen-bond acceptors (Lipinski definition) is 2. The molecule has 1 aromatic carbocycles. The van der Waals surface area contributed by atoms with Gasteiger partial charge < -0.3 is 10.6 Å². The molecule has 2 bridgehead atoms. The van der Waals surface area contributed by atoms with E-state index >= 15 is 0 Å². The molecule has 2 N–H and O–H groups in total. The van der Waals surface area contributed by atoms with Gasteiger partial charge in [0.1, 0.15) is 0 Å². The van der Waals surface area contributed by atoms with Crippen molar-refractivity contribution in [1.82, 2.24) is 15.5 Å². The van der Waals surface area contributed by atoms with Gasteiger partial charge in [-0.15, -0.1) is 6.58 Å². The van der Waals surface area contributed by atoms with E-state index < -0.39 is 0 Å². The van der Waals surface area contributed by atoms with Crippen molar-refractivity contribution in [3.05, 3.63) is 48.6 Å². The summed E-state index contributed by atoms with van der Waals surface area (Å²) in [6, 6.07) is 11.0. The van der Waals surface area contributed by atoms with Crippen molar-refractivity contribution >= 4 is 17.3 Å². The number of hydrogen-bond donors (Lipinski definition) is 2. The number of benzene rings is 1. The van der Waals surface area contributed by atoms with Gasteiger partial charge in [-0.05, 0) is 49.0 Å². The molecule has 4 heteroatoms. The minimum atomic E-state index is 0.617. The van der Waals surface area contributed by atoms with Gasteiger partial charge in [-0.2, -0.15) is 0 Å². The molecule has 22 heavy (non-hydrogen) atoms. The van der Waals surface area contributed by atoms with Crippen LogP contribution in [-0.4, -0.2) is 35.7 Å².